The molecule has 0 aliphatic carbocycles. The zero-order chi connectivity index (χ0) is 19.5. The minimum Gasteiger partial charge on any atom is -1.00 e. The Hall–Kier alpha value is -2.01. The van der Waals surface area contributed by atoms with E-state index in [0.717, 1.165) is 37.1 Å². The van der Waals surface area contributed by atoms with Crippen molar-refractivity contribution in [3.63, 3.8) is 0 Å². The van der Waals surface area contributed by atoms with Crippen LogP contribution in [0.15, 0.2) is 54.7 Å². The Kier molecular flexibility index (Phi) is 7.23. The quantitative estimate of drug-likeness (QED) is 0.560. The average Bonchev–Trinajstić information content (AvgIpc) is 3.29. The summed E-state index contributed by atoms with van der Waals surface area (Å²) in [6.07, 6.45) is 4.93. The summed E-state index contributed by atoms with van der Waals surface area (Å²) in [4.78, 5) is 12.5. The van der Waals surface area contributed by atoms with Crippen molar-refractivity contribution in [3.8, 4) is 11.3 Å². The molecule has 4 rings (SSSR count). The molecule has 1 aliphatic rings. The van der Waals surface area contributed by atoms with Gasteiger partial charge in [-0.25, -0.2) is 9.13 Å². The van der Waals surface area contributed by atoms with Gasteiger partial charge in [0.1, 0.15) is 6.20 Å². The summed E-state index contributed by atoms with van der Waals surface area (Å²) < 4.78 is 4.33. The Balaban J connectivity index is 0.00000240. The lowest BCUT2D eigenvalue weighted by Gasteiger charge is -2.04. The van der Waals surface area contributed by atoms with E-state index < -0.39 is 0 Å². The summed E-state index contributed by atoms with van der Waals surface area (Å²) in [5, 5.41) is 4.11. The van der Waals surface area contributed by atoms with E-state index in [9.17, 15) is 4.79 Å². The number of carbonyl (C=O) groups excluding carboxylic acids is 1. The minimum absolute atomic E-state index is 0. The van der Waals surface area contributed by atoms with Crippen LogP contribution in [0.2, 0.25) is 10.0 Å². The van der Waals surface area contributed by atoms with Crippen LogP contribution in [-0.2, 0) is 30.7 Å². The van der Waals surface area contributed by atoms with Crippen molar-refractivity contribution in [3.05, 3.63) is 76.2 Å². The van der Waals surface area contributed by atoms with Crippen molar-refractivity contribution >= 4 is 29.1 Å². The van der Waals surface area contributed by atoms with Crippen molar-refractivity contribution in [2.45, 2.75) is 32.4 Å². The third-order valence-electron chi connectivity index (χ3n) is 5.10. The number of imidazole rings is 1. The second-order valence-corrected chi connectivity index (χ2v) is 7.84. The van der Waals surface area contributed by atoms with Gasteiger partial charge in [0.25, 0.3) is 11.7 Å². The highest BCUT2D eigenvalue weighted by atomic mass is 35.5. The van der Waals surface area contributed by atoms with Gasteiger partial charge in [-0.2, -0.15) is 0 Å². The molecule has 0 bridgehead atoms. The number of hydrogen-bond donors (Lipinski definition) is 1. The summed E-state index contributed by atoms with van der Waals surface area (Å²) in [7, 11) is 0. The largest absolute Gasteiger partial charge is 1.00 e. The number of carbonyl (C=O) groups is 1. The van der Waals surface area contributed by atoms with Crippen molar-refractivity contribution in [1.82, 2.24) is 9.88 Å². The molecule has 0 spiro atoms. The molecule has 152 valence electrons. The van der Waals surface area contributed by atoms with Crippen molar-refractivity contribution in [1.29, 1.82) is 0 Å². The number of nitrogens with zero attached hydrogens (tertiary/aromatic N) is 2. The van der Waals surface area contributed by atoms with Gasteiger partial charge in [0.2, 0.25) is 0 Å². The molecule has 0 atom stereocenters. The number of benzene rings is 2. The molecule has 1 N–H and O–H groups in total. The van der Waals surface area contributed by atoms with Gasteiger partial charge in [-0.3, -0.25) is 4.79 Å². The van der Waals surface area contributed by atoms with Crippen molar-refractivity contribution in [2.75, 3.05) is 6.54 Å². The van der Waals surface area contributed by atoms with E-state index in [1.165, 1.54) is 11.4 Å². The van der Waals surface area contributed by atoms with E-state index in [0.29, 0.717) is 23.1 Å². The molecule has 0 fully saturated rings. The second-order valence-electron chi connectivity index (χ2n) is 7.03. The summed E-state index contributed by atoms with van der Waals surface area (Å²) in [6.45, 7) is 1.91. The van der Waals surface area contributed by atoms with Crippen LogP contribution in [0.5, 0.6) is 0 Å². The number of aromatic nitrogens is 2. The van der Waals surface area contributed by atoms with Crippen LogP contribution in [0.1, 0.15) is 17.8 Å². The van der Waals surface area contributed by atoms with Gasteiger partial charge in [0.15, 0.2) is 12.2 Å². The maximum Gasteiger partial charge on any atom is 0.262 e. The maximum atomic E-state index is 12.5. The predicted octanol–water partition coefficient (Wildman–Crippen LogP) is 1.06. The van der Waals surface area contributed by atoms with E-state index in [2.05, 4.69) is 26.6 Å². The zero-order valence-electron chi connectivity index (χ0n) is 15.9. The van der Waals surface area contributed by atoms with Crippen LogP contribution in [0, 0.1) is 0 Å². The van der Waals surface area contributed by atoms with Crippen molar-refractivity contribution < 1.29 is 21.8 Å². The monoisotopic (exact) mass is 449 g/mol. The highest BCUT2D eigenvalue weighted by molar-refractivity contribution is 6.42. The maximum absolute atomic E-state index is 12.5. The van der Waals surface area contributed by atoms with Gasteiger partial charge in [-0.05, 0) is 36.6 Å². The van der Waals surface area contributed by atoms with E-state index in [1.807, 2.05) is 42.6 Å². The topological polar surface area (TPSA) is 37.9 Å². The number of hydrogen-bond acceptors (Lipinski definition) is 1. The van der Waals surface area contributed by atoms with Gasteiger partial charge >= 0.3 is 0 Å². The number of halogens is 3. The van der Waals surface area contributed by atoms with Gasteiger partial charge in [-0.1, -0.05) is 53.5 Å². The smallest absolute Gasteiger partial charge is 0.262 e. The molecule has 4 nitrogen and oxygen atoms in total. The Labute approximate surface area is 186 Å². The summed E-state index contributed by atoms with van der Waals surface area (Å²) in [5.41, 5.74) is 3.31. The van der Waals surface area contributed by atoms with Crippen molar-refractivity contribution in [2.24, 2.45) is 0 Å². The van der Waals surface area contributed by atoms with Crippen LogP contribution in [0.3, 0.4) is 0 Å². The Bertz CT molecular complexity index is 1000. The van der Waals surface area contributed by atoms with Crippen LogP contribution in [0.25, 0.3) is 11.3 Å². The molecule has 29 heavy (non-hydrogen) atoms. The molecule has 1 aliphatic heterocycles. The minimum atomic E-state index is 0. The standard InChI is InChI=1S/C22H21Cl2N3O.ClH/c23-18-9-8-17(13-19(18)24)20-14-26(22-7-4-12-27(20)22)15-21(28)25-11-10-16-5-2-1-3-6-16;/h1-3,5-6,8-9,13-14H,4,7,10-12,15H2;1H. The molecule has 7 heteroatoms. The highest BCUT2D eigenvalue weighted by Gasteiger charge is 2.29. The molecule has 1 amide bonds. The molecule has 3 aromatic rings. The molecule has 0 saturated heterocycles. The lowest BCUT2D eigenvalue weighted by Crippen LogP contribution is -3.00. The van der Waals surface area contributed by atoms with Gasteiger partial charge in [0, 0.05) is 12.1 Å². The Morgan fingerprint density at radius 2 is 1.90 bits per heavy atom. The SMILES string of the molecule is O=C(C[n+]1cc(-c2ccc(Cl)c(Cl)c2)n2c1CCC2)NCCc1ccccc1.[Cl-]. The fourth-order valence-electron chi connectivity index (χ4n) is 3.73. The molecule has 1 aromatic heterocycles. The van der Waals surface area contributed by atoms with Crippen LogP contribution < -0.4 is 22.3 Å². The molecule has 2 heterocycles. The second kappa shape index (κ2) is 9.66. The van der Waals surface area contributed by atoms with E-state index in [-0.39, 0.29) is 18.3 Å². The third-order valence-corrected chi connectivity index (χ3v) is 5.84. The van der Waals surface area contributed by atoms with Gasteiger partial charge in [-0.15, -0.1) is 0 Å². The number of fused-ring (bicyclic) bond motifs is 1. The van der Waals surface area contributed by atoms with Gasteiger partial charge in [0.05, 0.1) is 23.0 Å². The van der Waals surface area contributed by atoms with Crippen LogP contribution in [-0.4, -0.2) is 17.0 Å². The Morgan fingerprint density at radius 3 is 2.66 bits per heavy atom. The molecule has 2 aromatic carbocycles. The summed E-state index contributed by atoms with van der Waals surface area (Å²) >= 11 is 12.3. The molecule has 0 saturated carbocycles. The molecular formula is C22H22Cl3N3O. The van der Waals surface area contributed by atoms with E-state index >= 15 is 0 Å². The molecule has 0 radical (unpaired) electrons. The first-order valence-corrected chi connectivity index (χ1v) is 10.3. The van der Waals surface area contributed by atoms with Crippen LogP contribution >= 0.6 is 23.2 Å². The van der Waals surface area contributed by atoms with E-state index in [4.69, 9.17) is 23.2 Å². The zero-order valence-corrected chi connectivity index (χ0v) is 18.1. The fourth-order valence-corrected chi connectivity index (χ4v) is 4.03. The highest BCUT2D eigenvalue weighted by Crippen LogP contribution is 2.30. The molecule has 0 unspecified atom stereocenters. The third kappa shape index (κ3) is 4.95. The van der Waals surface area contributed by atoms with Gasteiger partial charge < -0.3 is 17.7 Å². The lowest BCUT2D eigenvalue weighted by atomic mass is 10.1. The fraction of sp³-hybridized carbons (Fsp3) is 0.273. The number of rotatable bonds is 6. The first-order chi connectivity index (χ1) is 13.6. The number of amides is 1. The number of nitrogens with one attached hydrogen (secondary N) is 1. The van der Waals surface area contributed by atoms with E-state index in [1.54, 1.807) is 0 Å². The average molecular weight is 451 g/mol. The Morgan fingerprint density at radius 1 is 1.10 bits per heavy atom. The first kappa shape index (κ1) is 21.7. The molecular weight excluding hydrogens is 429 g/mol. The van der Waals surface area contributed by atoms with Crippen LogP contribution in [0.4, 0.5) is 0 Å². The summed E-state index contributed by atoms with van der Waals surface area (Å²) in [6, 6.07) is 15.8. The summed E-state index contributed by atoms with van der Waals surface area (Å²) in [5.74, 6) is 1.21. The first-order valence-electron chi connectivity index (χ1n) is 9.50. The predicted molar refractivity (Wildman–Crippen MR) is 112 cm³/mol. The lowest BCUT2D eigenvalue weighted by molar-refractivity contribution is -0.690. The normalized spacial score (nSPS) is 12.3.